The molecule has 7 heteroatoms. The molecule has 6 nitrogen and oxygen atoms in total. The molecule has 0 bridgehead atoms. The number of carbonyl (C=O) groups is 3. The second-order valence-corrected chi connectivity index (χ2v) is 5.70. The lowest BCUT2D eigenvalue weighted by atomic mass is 10.1. The lowest BCUT2D eigenvalue weighted by molar-refractivity contribution is -0.145. The molecular weight excluding hydrogens is 308 g/mol. The van der Waals surface area contributed by atoms with E-state index >= 15 is 0 Å². The normalized spacial score (nSPS) is 17.5. The van der Waals surface area contributed by atoms with Gasteiger partial charge < -0.3 is 14.5 Å². The van der Waals surface area contributed by atoms with E-state index in [0.29, 0.717) is 11.3 Å². The summed E-state index contributed by atoms with van der Waals surface area (Å²) in [6.07, 6.45) is 0.114. The summed E-state index contributed by atoms with van der Waals surface area (Å²) < 4.78 is 4.67. The van der Waals surface area contributed by atoms with Crippen molar-refractivity contribution in [2.45, 2.75) is 6.42 Å². The highest BCUT2D eigenvalue weighted by molar-refractivity contribution is 6.34. The lowest BCUT2D eigenvalue weighted by Crippen LogP contribution is -2.26. The summed E-state index contributed by atoms with van der Waals surface area (Å²) in [4.78, 5) is 38.4. The van der Waals surface area contributed by atoms with E-state index in [4.69, 9.17) is 11.6 Å². The molecule has 1 atom stereocenters. The Bertz CT molecular complexity index is 630. The molecule has 2 amide bonds. The van der Waals surface area contributed by atoms with Crippen molar-refractivity contribution in [2.24, 2.45) is 5.92 Å². The first-order chi connectivity index (χ1) is 10.3. The van der Waals surface area contributed by atoms with E-state index < -0.39 is 11.9 Å². The average molecular weight is 325 g/mol. The van der Waals surface area contributed by atoms with Gasteiger partial charge in [-0.1, -0.05) is 11.6 Å². The van der Waals surface area contributed by atoms with Crippen molar-refractivity contribution in [3.8, 4) is 0 Å². The number of nitrogens with zero attached hydrogens (tertiary/aromatic N) is 2. The molecule has 1 saturated heterocycles. The van der Waals surface area contributed by atoms with Gasteiger partial charge in [0.25, 0.3) is 5.91 Å². The quantitative estimate of drug-likeness (QED) is 0.792. The summed E-state index contributed by atoms with van der Waals surface area (Å²) in [5.74, 6) is -1.25. The van der Waals surface area contributed by atoms with Crippen LogP contribution >= 0.6 is 11.6 Å². The maximum absolute atomic E-state index is 12.0. The highest BCUT2D eigenvalue weighted by Gasteiger charge is 2.36. The first-order valence-corrected chi connectivity index (χ1v) is 7.12. The van der Waals surface area contributed by atoms with E-state index in [1.165, 1.54) is 16.9 Å². The van der Waals surface area contributed by atoms with E-state index in [1.807, 2.05) is 0 Å². The highest BCUT2D eigenvalue weighted by Crippen LogP contribution is 2.29. The van der Waals surface area contributed by atoms with Gasteiger partial charge in [0.05, 0.1) is 23.6 Å². The molecule has 1 fully saturated rings. The summed E-state index contributed by atoms with van der Waals surface area (Å²) in [6.45, 7) is 0.253. The summed E-state index contributed by atoms with van der Waals surface area (Å²) in [5, 5.41) is 0.269. The van der Waals surface area contributed by atoms with Gasteiger partial charge in [-0.25, -0.2) is 0 Å². The first-order valence-electron chi connectivity index (χ1n) is 6.74. The van der Waals surface area contributed by atoms with E-state index in [-0.39, 0.29) is 29.8 Å². The standard InChI is InChI=1S/C15H17ClN2O4/c1-17(2)14(20)11-5-4-10(7-12(11)16)18-8-9(6-13(18)19)15(21)22-3/h4-5,7,9H,6,8H2,1-3H3. The van der Waals surface area contributed by atoms with Crippen LogP contribution < -0.4 is 4.90 Å². The Balaban J connectivity index is 2.24. The molecule has 0 radical (unpaired) electrons. The maximum Gasteiger partial charge on any atom is 0.311 e. The third-order valence-electron chi connectivity index (χ3n) is 3.56. The van der Waals surface area contributed by atoms with Crippen LogP contribution in [-0.2, 0) is 14.3 Å². The van der Waals surface area contributed by atoms with Crippen molar-refractivity contribution in [3.05, 3.63) is 28.8 Å². The number of anilines is 1. The number of ether oxygens (including phenoxy) is 1. The van der Waals surface area contributed by atoms with Crippen LogP contribution in [0, 0.1) is 5.92 Å². The van der Waals surface area contributed by atoms with Crippen LogP contribution in [0.4, 0.5) is 5.69 Å². The van der Waals surface area contributed by atoms with Crippen LogP contribution in [0.25, 0.3) is 0 Å². The Morgan fingerprint density at radius 1 is 1.36 bits per heavy atom. The molecule has 0 N–H and O–H groups in total. The Hall–Kier alpha value is -2.08. The number of esters is 1. The second kappa shape index (κ2) is 6.36. The molecule has 0 aromatic heterocycles. The van der Waals surface area contributed by atoms with Crippen molar-refractivity contribution in [1.29, 1.82) is 0 Å². The van der Waals surface area contributed by atoms with E-state index in [0.717, 1.165) is 0 Å². The number of amides is 2. The first kappa shape index (κ1) is 16.3. The van der Waals surface area contributed by atoms with E-state index in [1.54, 1.807) is 32.3 Å². The topological polar surface area (TPSA) is 66.9 Å². The zero-order valence-corrected chi connectivity index (χ0v) is 13.4. The molecule has 0 saturated carbocycles. The van der Waals surface area contributed by atoms with Gasteiger partial charge in [0, 0.05) is 32.7 Å². The molecule has 1 aromatic rings. The fourth-order valence-electron chi connectivity index (χ4n) is 2.37. The van der Waals surface area contributed by atoms with Gasteiger partial charge in [-0.15, -0.1) is 0 Å². The Morgan fingerprint density at radius 2 is 2.05 bits per heavy atom. The van der Waals surface area contributed by atoms with Crippen LogP contribution in [0.1, 0.15) is 16.8 Å². The fraction of sp³-hybridized carbons (Fsp3) is 0.400. The Kier molecular flexibility index (Phi) is 4.71. The molecule has 0 spiro atoms. The van der Waals surface area contributed by atoms with Crippen LogP contribution in [0.2, 0.25) is 5.02 Å². The van der Waals surface area contributed by atoms with Gasteiger partial charge in [0.2, 0.25) is 5.91 Å². The molecule has 1 heterocycles. The zero-order valence-electron chi connectivity index (χ0n) is 12.6. The SMILES string of the molecule is COC(=O)C1CC(=O)N(c2ccc(C(=O)N(C)C)c(Cl)c2)C1. The van der Waals surface area contributed by atoms with Crippen molar-refractivity contribution >= 4 is 35.1 Å². The average Bonchev–Trinajstić information content (AvgIpc) is 2.87. The van der Waals surface area contributed by atoms with E-state index in [9.17, 15) is 14.4 Å². The molecule has 22 heavy (non-hydrogen) atoms. The van der Waals surface area contributed by atoms with Gasteiger partial charge in [-0.3, -0.25) is 14.4 Å². The third kappa shape index (κ3) is 3.06. The number of carbonyl (C=O) groups excluding carboxylic acids is 3. The largest absolute Gasteiger partial charge is 0.469 e. The molecule has 1 aliphatic rings. The number of rotatable bonds is 3. The van der Waals surface area contributed by atoms with Crippen LogP contribution in [-0.4, -0.2) is 50.4 Å². The van der Waals surface area contributed by atoms with Gasteiger partial charge in [0.1, 0.15) is 0 Å². The molecule has 1 unspecified atom stereocenters. The lowest BCUT2D eigenvalue weighted by Gasteiger charge is -2.18. The highest BCUT2D eigenvalue weighted by atomic mass is 35.5. The Labute approximate surface area is 133 Å². The number of halogens is 1. The van der Waals surface area contributed by atoms with Crippen molar-refractivity contribution in [2.75, 3.05) is 32.6 Å². The number of methoxy groups -OCH3 is 1. The Morgan fingerprint density at radius 3 is 2.59 bits per heavy atom. The number of hydrogen-bond donors (Lipinski definition) is 0. The maximum atomic E-state index is 12.0. The van der Waals surface area contributed by atoms with Gasteiger partial charge in [0.15, 0.2) is 0 Å². The third-order valence-corrected chi connectivity index (χ3v) is 3.87. The van der Waals surface area contributed by atoms with Crippen LogP contribution in [0.15, 0.2) is 18.2 Å². The number of hydrogen-bond acceptors (Lipinski definition) is 4. The van der Waals surface area contributed by atoms with Crippen LogP contribution in [0.3, 0.4) is 0 Å². The second-order valence-electron chi connectivity index (χ2n) is 5.29. The minimum Gasteiger partial charge on any atom is -0.469 e. The minimum absolute atomic E-state index is 0.114. The van der Waals surface area contributed by atoms with Crippen molar-refractivity contribution < 1.29 is 19.1 Å². The monoisotopic (exact) mass is 324 g/mol. The summed E-state index contributed by atoms with van der Waals surface area (Å²) >= 11 is 6.14. The molecule has 2 rings (SSSR count). The fourth-order valence-corrected chi connectivity index (χ4v) is 2.62. The minimum atomic E-state index is -0.473. The predicted octanol–water partition coefficient (Wildman–Crippen LogP) is 1.57. The smallest absolute Gasteiger partial charge is 0.311 e. The van der Waals surface area contributed by atoms with Crippen molar-refractivity contribution in [3.63, 3.8) is 0 Å². The number of benzene rings is 1. The molecule has 1 aliphatic heterocycles. The predicted molar refractivity (Wildman–Crippen MR) is 81.9 cm³/mol. The summed E-state index contributed by atoms with van der Waals surface area (Å²) in [5.41, 5.74) is 0.934. The van der Waals surface area contributed by atoms with Crippen LogP contribution in [0.5, 0.6) is 0 Å². The zero-order chi connectivity index (χ0) is 16.4. The molecule has 1 aromatic carbocycles. The molecule has 0 aliphatic carbocycles. The molecular formula is C15H17ClN2O4. The van der Waals surface area contributed by atoms with Gasteiger partial charge >= 0.3 is 5.97 Å². The van der Waals surface area contributed by atoms with Gasteiger partial charge in [-0.2, -0.15) is 0 Å². The van der Waals surface area contributed by atoms with Gasteiger partial charge in [-0.05, 0) is 18.2 Å². The molecule has 118 valence electrons. The van der Waals surface area contributed by atoms with Crippen molar-refractivity contribution in [1.82, 2.24) is 4.90 Å². The summed E-state index contributed by atoms with van der Waals surface area (Å²) in [6, 6.07) is 4.80. The summed E-state index contributed by atoms with van der Waals surface area (Å²) in [7, 11) is 4.57. The van der Waals surface area contributed by atoms with E-state index in [2.05, 4.69) is 4.74 Å².